The smallest absolute Gasteiger partial charge is 0.324 e. The largest absolute Gasteiger partial charge is 0.416 e. The second kappa shape index (κ2) is 7.74. The fourth-order valence-corrected chi connectivity index (χ4v) is 2.73. The lowest BCUT2D eigenvalue weighted by Crippen LogP contribution is -2.16. The lowest BCUT2D eigenvalue weighted by Gasteiger charge is -2.19. The molecule has 0 saturated carbocycles. The molecule has 2 aromatic carbocycles. The summed E-state index contributed by atoms with van der Waals surface area (Å²) in [5, 5.41) is 14.3. The topological polar surface area (TPSA) is 84.2 Å². The van der Waals surface area contributed by atoms with E-state index in [0.717, 1.165) is 12.1 Å². The molecule has 0 aliphatic heterocycles. The SMILES string of the molecule is Cc1nc(Nc2cccc(C(F)(F)F)c2)nc(N(C)c2ccccc2)c1[N+](=O)[O-]. The molecular formula is C19H16F3N5O2. The van der Waals surface area contributed by atoms with E-state index in [4.69, 9.17) is 0 Å². The van der Waals surface area contributed by atoms with Crippen LogP contribution >= 0.6 is 0 Å². The van der Waals surface area contributed by atoms with Crippen LogP contribution < -0.4 is 10.2 Å². The maximum Gasteiger partial charge on any atom is 0.416 e. The van der Waals surface area contributed by atoms with Crippen LogP contribution in [0.1, 0.15) is 11.3 Å². The van der Waals surface area contributed by atoms with Crippen molar-refractivity contribution in [2.24, 2.45) is 0 Å². The van der Waals surface area contributed by atoms with Crippen LogP contribution in [0, 0.1) is 17.0 Å². The Hall–Kier alpha value is -3.69. The van der Waals surface area contributed by atoms with Gasteiger partial charge in [-0.25, -0.2) is 4.98 Å². The Morgan fingerprint density at radius 3 is 2.38 bits per heavy atom. The van der Waals surface area contributed by atoms with Gasteiger partial charge in [0.25, 0.3) is 0 Å². The normalized spacial score (nSPS) is 11.2. The minimum Gasteiger partial charge on any atom is -0.324 e. The molecule has 3 rings (SSSR count). The molecule has 0 fully saturated rings. The van der Waals surface area contributed by atoms with Gasteiger partial charge in [0, 0.05) is 18.4 Å². The van der Waals surface area contributed by atoms with Crippen LogP contribution in [0.3, 0.4) is 0 Å². The third kappa shape index (κ3) is 4.42. The summed E-state index contributed by atoms with van der Waals surface area (Å²) in [4.78, 5) is 20.7. The molecule has 29 heavy (non-hydrogen) atoms. The second-order valence-electron chi connectivity index (χ2n) is 6.16. The summed E-state index contributed by atoms with van der Waals surface area (Å²) in [6.07, 6.45) is -4.50. The molecule has 0 aliphatic rings. The van der Waals surface area contributed by atoms with E-state index < -0.39 is 16.7 Å². The number of nitro groups is 1. The van der Waals surface area contributed by atoms with Crippen LogP contribution in [0.15, 0.2) is 54.6 Å². The molecule has 0 aliphatic carbocycles. The highest BCUT2D eigenvalue weighted by molar-refractivity contribution is 5.71. The molecule has 0 radical (unpaired) electrons. The van der Waals surface area contributed by atoms with Crippen LogP contribution in [-0.2, 0) is 6.18 Å². The number of alkyl halides is 3. The van der Waals surface area contributed by atoms with Crippen molar-refractivity contribution >= 4 is 28.8 Å². The molecule has 3 aromatic rings. The van der Waals surface area contributed by atoms with Crippen molar-refractivity contribution in [3.63, 3.8) is 0 Å². The summed E-state index contributed by atoms with van der Waals surface area (Å²) >= 11 is 0. The molecular weight excluding hydrogens is 387 g/mol. The van der Waals surface area contributed by atoms with Crippen LogP contribution in [-0.4, -0.2) is 21.9 Å². The Kier molecular flexibility index (Phi) is 5.35. The quantitative estimate of drug-likeness (QED) is 0.464. The summed E-state index contributed by atoms with van der Waals surface area (Å²) < 4.78 is 38.8. The first kappa shape index (κ1) is 20.1. The van der Waals surface area contributed by atoms with Gasteiger partial charge in [0.1, 0.15) is 5.69 Å². The van der Waals surface area contributed by atoms with Gasteiger partial charge in [-0.05, 0) is 37.3 Å². The van der Waals surface area contributed by atoms with Crippen molar-refractivity contribution in [3.8, 4) is 0 Å². The third-order valence-electron chi connectivity index (χ3n) is 4.13. The third-order valence-corrected chi connectivity index (χ3v) is 4.13. The van der Waals surface area contributed by atoms with Crippen molar-refractivity contribution in [1.29, 1.82) is 0 Å². The predicted molar refractivity (Wildman–Crippen MR) is 103 cm³/mol. The minimum atomic E-state index is -4.50. The van der Waals surface area contributed by atoms with Crippen LogP contribution in [0.4, 0.5) is 42.0 Å². The first-order chi connectivity index (χ1) is 13.7. The molecule has 1 N–H and O–H groups in total. The summed E-state index contributed by atoms with van der Waals surface area (Å²) in [5.41, 5.74) is -0.272. The second-order valence-corrected chi connectivity index (χ2v) is 6.16. The van der Waals surface area contributed by atoms with E-state index in [2.05, 4.69) is 15.3 Å². The van der Waals surface area contributed by atoms with Gasteiger partial charge in [-0.1, -0.05) is 24.3 Å². The molecule has 1 heterocycles. The first-order valence-corrected chi connectivity index (χ1v) is 8.43. The number of aromatic nitrogens is 2. The van der Waals surface area contributed by atoms with Crippen molar-refractivity contribution in [1.82, 2.24) is 9.97 Å². The highest BCUT2D eigenvalue weighted by Gasteiger charge is 2.30. The Bertz CT molecular complexity index is 1040. The van der Waals surface area contributed by atoms with Crippen LogP contribution in [0.2, 0.25) is 0 Å². The van der Waals surface area contributed by atoms with Crippen LogP contribution in [0.5, 0.6) is 0 Å². The van der Waals surface area contributed by atoms with Gasteiger partial charge in [0.15, 0.2) is 0 Å². The van der Waals surface area contributed by atoms with E-state index in [1.165, 1.54) is 24.0 Å². The zero-order valence-corrected chi connectivity index (χ0v) is 15.4. The van der Waals surface area contributed by atoms with E-state index in [0.29, 0.717) is 5.69 Å². The predicted octanol–water partition coefficient (Wildman–Crippen LogP) is 5.22. The molecule has 7 nitrogen and oxygen atoms in total. The molecule has 0 bridgehead atoms. The molecule has 0 amide bonds. The number of para-hydroxylation sites is 1. The Morgan fingerprint density at radius 1 is 1.07 bits per heavy atom. The number of benzene rings is 2. The minimum absolute atomic E-state index is 0.0168. The average Bonchev–Trinajstić information content (AvgIpc) is 2.67. The molecule has 0 saturated heterocycles. The van der Waals surface area contributed by atoms with Gasteiger partial charge in [-0.3, -0.25) is 10.1 Å². The molecule has 150 valence electrons. The lowest BCUT2D eigenvalue weighted by atomic mass is 10.2. The number of anilines is 4. The number of aryl methyl sites for hydroxylation is 1. The highest BCUT2D eigenvalue weighted by Crippen LogP contribution is 2.35. The number of hydrogen-bond donors (Lipinski definition) is 1. The maximum absolute atomic E-state index is 12.9. The Balaban J connectivity index is 2.04. The Morgan fingerprint density at radius 2 is 1.76 bits per heavy atom. The van der Waals surface area contributed by atoms with E-state index in [-0.39, 0.29) is 28.8 Å². The van der Waals surface area contributed by atoms with E-state index in [9.17, 15) is 23.3 Å². The lowest BCUT2D eigenvalue weighted by molar-refractivity contribution is -0.385. The molecule has 0 unspecified atom stereocenters. The van der Waals surface area contributed by atoms with Gasteiger partial charge in [0.05, 0.1) is 10.5 Å². The van der Waals surface area contributed by atoms with Gasteiger partial charge < -0.3 is 10.2 Å². The molecule has 1 aromatic heterocycles. The zero-order valence-electron chi connectivity index (χ0n) is 15.4. The first-order valence-electron chi connectivity index (χ1n) is 8.43. The summed E-state index contributed by atoms with van der Waals surface area (Å²) in [6, 6.07) is 13.4. The Labute approximate surface area is 164 Å². The van der Waals surface area contributed by atoms with Crippen LogP contribution in [0.25, 0.3) is 0 Å². The summed E-state index contributed by atoms with van der Waals surface area (Å²) in [5.74, 6) is -0.0339. The number of nitrogens with zero attached hydrogens (tertiary/aromatic N) is 4. The van der Waals surface area contributed by atoms with Crippen molar-refractivity contribution in [2.75, 3.05) is 17.3 Å². The standard InChI is InChI=1S/C19H16F3N5O2/c1-12-16(27(28)29)17(26(2)15-9-4-3-5-10-15)25-18(23-12)24-14-8-6-7-13(11-14)19(20,21)22/h3-11H,1-2H3,(H,23,24,25). The highest BCUT2D eigenvalue weighted by atomic mass is 19.4. The number of rotatable bonds is 5. The average molecular weight is 403 g/mol. The van der Waals surface area contributed by atoms with Gasteiger partial charge in [0.2, 0.25) is 11.8 Å². The van der Waals surface area contributed by atoms with E-state index in [1.54, 1.807) is 37.4 Å². The number of halogens is 3. The van der Waals surface area contributed by atoms with Crippen molar-refractivity contribution < 1.29 is 18.1 Å². The zero-order chi connectivity index (χ0) is 21.2. The van der Waals surface area contributed by atoms with Gasteiger partial charge in [-0.15, -0.1) is 0 Å². The maximum atomic E-state index is 12.9. The van der Waals surface area contributed by atoms with Crippen molar-refractivity contribution in [3.05, 3.63) is 76.0 Å². The summed E-state index contributed by atoms with van der Waals surface area (Å²) in [6.45, 7) is 1.44. The van der Waals surface area contributed by atoms with E-state index >= 15 is 0 Å². The van der Waals surface area contributed by atoms with E-state index in [1.807, 2.05) is 0 Å². The monoisotopic (exact) mass is 403 g/mol. The molecule has 0 atom stereocenters. The summed E-state index contributed by atoms with van der Waals surface area (Å²) in [7, 11) is 1.61. The molecule has 10 heteroatoms. The fourth-order valence-electron chi connectivity index (χ4n) is 2.73. The fraction of sp³-hybridized carbons (Fsp3) is 0.158. The van der Waals surface area contributed by atoms with Crippen molar-refractivity contribution in [2.45, 2.75) is 13.1 Å². The van der Waals surface area contributed by atoms with Gasteiger partial charge in [-0.2, -0.15) is 18.2 Å². The van der Waals surface area contributed by atoms with Gasteiger partial charge >= 0.3 is 11.9 Å². The molecule has 0 spiro atoms. The number of hydrogen-bond acceptors (Lipinski definition) is 6. The number of nitrogens with one attached hydrogen (secondary N) is 1.